The van der Waals surface area contributed by atoms with Crippen molar-refractivity contribution in [3.63, 3.8) is 0 Å². The zero-order chi connectivity index (χ0) is 21.7. The molecule has 0 saturated carbocycles. The van der Waals surface area contributed by atoms with Crippen molar-refractivity contribution in [2.24, 2.45) is 0 Å². The van der Waals surface area contributed by atoms with Gasteiger partial charge in [0.2, 0.25) is 10.0 Å². The first-order valence-corrected chi connectivity index (χ1v) is 11.2. The summed E-state index contributed by atoms with van der Waals surface area (Å²) < 4.78 is 32.4. The lowest BCUT2D eigenvalue weighted by molar-refractivity contribution is 0.0947. The minimum atomic E-state index is -3.65. The fourth-order valence-electron chi connectivity index (χ4n) is 2.99. The molecule has 1 amide bonds. The standard InChI is InChI=1S/C23H26N2O4S/c1-17(2)25(3)30(27,28)20-11-6-10-19(16-20)23(26)24-14-15-29-22-13-7-9-18-8-4-5-12-21(18)22/h4-13,16-17H,14-15H2,1-3H3,(H,24,26). The Morgan fingerprint density at radius 2 is 1.73 bits per heavy atom. The number of nitrogens with one attached hydrogen (secondary N) is 1. The van der Waals surface area contributed by atoms with E-state index in [1.54, 1.807) is 26.0 Å². The Bertz CT molecular complexity index is 1140. The van der Waals surface area contributed by atoms with Crippen LogP contribution in [0.15, 0.2) is 71.6 Å². The number of nitrogens with zero attached hydrogens (tertiary/aromatic N) is 1. The summed E-state index contributed by atoms with van der Waals surface area (Å²) in [4.78, 5) is 12.6. The van der Waals surface area contributed by atoms with Gasteiger partial charge in [-0.15, -0.1) is 0 Å². The van der Waals surface area contributed by atoms with Gasteiger partial charge in [0.05, 0.1) is 11.4 Å². The van der Waals surface area contributed by atoms with Crippen LogP contribution >= 0.6 is 0 Å². The fourth-order valence-corrected chi connectivity index (χ4v) is 4.40. The molecular formula is C23H26N2O4S. The predicted molar refractivity (Wildman–Crippen MR) is 118 cm³/mol. The maximum Gasteiger partial charge on any atom is 0.251 e. The maximum absolute atomic E-state index is 12.6. The van der Waals surface area contributed by atoms with Crippen molar-refractivity contribution in [1.82, 2.24) is 9.62 Å². The lowest BCUT2D eigenvalue weighted by Crippen LogP contribution is -2.33. The van der Waals surface area contributed by atoms with Gasteiger partial charge in [0.1, 0.15) is 12.4 Å². The van der Waals surface area contributed by atoms with Crippen LogP contribution in [0, 0.1) is 0 Å². The van der Waals surface area contributed by atoms with Crippen LogP contribution < -0.4 is 10.1 Å². The van der Waals surface area contributed by atoms with Gasteiger partial charge in [-0.1, -0.05) is 42.5 Å². The Hall–Kier alpha value is -2.90. The molecule has 0 aromatic heterocycles. The van der Waals surface area contributed by atoms with Crippen LogP contribution in [0.5, 0.6) is 5.75 Å². The van der Waals surface area contributed by atoms with Crippen molar-refractivity contribution in [2.45, 2.75) is 24.8 Å². The highest BCUT2D eigenvalue weighted by Gasteiger charge is 2.23. The van der Waals surface area contributed by atoms with Crippen molar-refractivity contribution in [2.75, 3.05) is 20.2 Å². The van der Waals surface area contributed by atoms with E-state index in [9.17, 15) is 13.2 Å². The van der Waals surface area contributed by atoms with Gasteiger partial charge in [-0.25, -0.2) is 8.42 Å². The molecule has 0 unspecified atom stereocenters. The van der Waals surface area contributed by atoms with Gasteiger partial charge in [0.25, 0.3) is 5.91 Å². The van der Waals surface area contributed by atoms with E-state index < -0.39 is 10.0 Å². The van der Waals surface area contributed by atoms with Gasteiger partial charge < -0.3 is 10.1 Å². The van der Waals surface area contributed by atoms with Crippen molar-refractivity contribution in [1.29, 1.82) is 0 Å². The molecule has 0 aliphatic carbocycles. The molecule has 3 aromatic rings. The number of fused-ring (bicyclic) bond motifs is 1. The third-order valence-corrected chi connectivity index (χ3v) is 6.92. The van der Waals surface area contributed by atoms with Crippen LogP contribution in [0.3, 0.4) is 0 Å². The third kappa shape index (κ3) is 4.80. The third-order valence-electron chi connectivity index (χ3n) is 4.90. The predicted octanol–water partition coefficient (Wildman–Crippen LogP) is 3.68. The second-order valence-corrected chi connectivity index (χ2v) is 9.22. The molecule has 30 heavy (non-hydrogen) atoms. The highest BCUT2D eigenvalue weighted by atomic mass is 32.2. The number of sulfonamides is 1. The van der Waals surface area contributed by atoms with E-state index in [0.29, 0.717) is 18.7 Å². The Kier molecular flexibility index (Phi) is 6.74. The topological polar surface area (TPSA) is 75.7 Å². The summed E-state index contributed by atoms with van der Waals surface area (Å²) in [5, 5.41) is 4.87. The zero-order valence-corrected chi connectivity index (χ0v) is 18.1. The molecule has 3 rings (SSSR count). The lowest BCUT2D eigenvalue weighted by Gasteiger charge is -2.21. The minimum Gasteiger partial charge on any atom is -0.491 e. The van der Waals surface area contributed by atoms with E-state index in [0.717, 1.165) is 16.5 Å². The summed E-state index contributed by atoms with van der Waals surface area (Å²) in [5.41, 5.74) is 0.290. The van der Waals surface area contributed by atoms with E-state index in [2.05, 4.69) is 5.32 Å². The molecule has 0 saturated heterocycles. The van der Waals surface area contributed by atoms with Gasteiger partial charge in [-0.3, -0.25) is 4.79 Å². The van der Waals surface area contributed by atoms with Gasteiger partial charge >= 0.3 is 0 Å². The normalized spacial score (nSPS) is 11.8. The van der Waals surface area contributed by atoms with Crippen LogP contribution in [0.4, 0.5) is 0 Å². The maximum atomic E-state index is 12.6. The summed E-state index contributed by atoms with van der Waals surface area (Å²) in [7, 11) is -2.12. The Balaban J connectivity index is 1.62. The highest BCUT2D eigenvalue weighted by molar-refractivity contribution is 7.89. The summed E-state index contributed by atoms with van der Waals surface area (Å²) in [6.45, 7) is 4.19. The molecule has 0 aliphatic heterocycles. The van der Waals surface area contributed by atoms with E-state index >= 15 is 0 Å². The molecule has 3 aromatic carbocycles. The Labute approximate surface area is 177 Å². The molecule has 7 heteroatoms. The van der Waals surface area contributed by atoms with Crippen molar-refractivity contribution in [3.05, 3.63) is 72.3 Å². The lowest BCUT2D eigenvalue weighted by atomic mass is 10.1. The summed E-state index contributed by atoms with van der Waals surface area (Å²) >= 11 is 0. The minimum absolute atomic E-state index is 0.0957. The van der Waals surface area contributed by atoms with Crippen molar-refractivity contribution >= 4 is 26.7 Å². The van der Waals surface area contributed by atoms with Crippen LogP contribution in [-0.4, -0.2) is 44.9 Å². The first-order valence-electron chi connectivity index (χ1n) is 9.77. The monoisotopic (exact) mass is 426 g/mol. The smallest absolute Gasteiger partial charge is 0.251 e. The largest absolute Gasteiger partial charge is 0.491 e. The number of ether oxygens (including phenoxy) is 1. The fraction of sp³-hybridized carbons (Fsp3) is 0.261. The van der Waals surface area contributed by atoms with Crippen LogP contribution in [0.1, 0.15) is 24.2 Å². The molecule has 0 bridgehead atoms. The summed E-state index contributed by atoms with van der Waals surface area (Å²) in [5.74, 6) is 0.410. The molecule has 158 valence electrons. The van der Waals surface area contributed by atoms with Crippen molar-refractivity contribution < 1.29 is 17.9 Å². The van der Waals surface area contributed by atoms with Gasteiger partial charge in [-0.05, 0) is 43.5 Å². The number of carbonyl (C=O) groups excluding carboxylic acids is 1. The average molecular weight is 427 g/mol. The number of benzene rings is 3. The van der Waals surface area contributed by atoms with Crippen LogP contribution in [-0.2, 0) is 10.0 Å². The van der Waals surface area contributed by atoms with Crippen LogP contribution in [0.2, 0.25) is 0 Å². The first kappa shape index (κ1) is 21.8. The van der Waals surface area contributed by atoms with Gasteiger partial charge in [0.15, 0.2) is 0 Å². The average Bonchev–Trinajstić information content (AvgIpc) is 2.76. The molecular weight excluding hydrogens is 400 g/mol. The second kappa shape index (κ2) is 9.28. The number of amides is 1. The number of carbonyl (C=O) groups is 1. The molecule has 0 fully saturated rings. The molecule has 0 spiro atoms. The molecule has 0 heterocycles. The Morgan fingerprint density at radius 1 is 1.03 bits per heavy atom. The summed E-state index contributed by atoms with van der Waals surface area (Å²) in [6.07, 6.45) is 0. The highest BCUT2D eigenvalue weighted by Crippen LogP contribution is 2.25. The molecule has 0 atom stereocenters. The van der Waals surface area contributed by atoms with E-state index in [-0.39, 0.29) is 16.8 Å². The zero-order valence-electron chi connectivity index (χ0n) is 17.3. The van der Waals surface area contributed by atoms with Gasteiger partial charge in [-0.2, -0.15) is 4.31 Å². The summed E-state index contributed by atoms with van der Waals surface area (Å²) in [6, 6.07) is 19.6. The van der Waals surface area contributed by atoms with E-state index in [4.69, 9.17) is 4.74 Å². The second-order valence-electron chi connectivity index (χ2n) is 7.22. The van der Waals surface area contributed by atoms with Gasteiger partial charge in [0, 0.05) is 24.0 Å². The van der Waals surface area contributed by atoms with E-state index in [1.165, 1.54) is 23.5 Å². The van der Waals surface area contributed by atoms with E-state index in [1.807, 2.05) is 42.5 Å². The first-order chi connectivity index (χ1) is 14.3. The molecule has 0 radical (unpaired) electrons. The Morgan fingerprint density at radius 3 is 2.50 bits per heavy atom. The molecule has 0 aliphatic rings. The number of hydrogen-bond acceptors (Lipinski definition) is 4. The molecule has 6 nitrogen and oxygen atoms in total. The SMILES string of the molecule is CC(C)N(C)S(=O)(=O)c1cccc(C(=O)NCCOc2cccc3ccccc23)c1. The molecule has 1 N–H and O–H groups in total. The number of hydrogen-bond donors (Lipinski definition) is 1. The number of rotatable bonds is 8. The van der Waals surface area contributed by atoms with Crippen LogP contribution in [0.25, 0.3) is 10.8 Å². The van der Waals surface area contributed by atoms with Crippen molar-refractivity contribution in [3.8, 4) is 5.75 Å². The quantitative estimate of drug-likeness (QED) is 0.558.